The van der Waals surface area contributed by atoms with Gasteiger partial charge in [-0.05, 0) is 51.1 Å². The smallest absolute Gasteiger partial charge is 0.191 e. The highest BCUT2D eigenvalue weighted by molar-refractivity contribution is 7.85. The highest BCUT2D eigenvalue weighted by Gasteiger charge is 2.29. The van der Waals surface area contributed by atoms with Gasteiger partial charge in [0, 0.05) is 47.5 Å². The second kappa shape index (κ2) is 12.1. The molecular formula is C21H42N4OS. The van der Waals surface area contributed by atoms with Gasteiger partial charge in [-0.3, -0.25) is 14.1 Å². The molecule has 0 bridgehead atoms. The van der Waals surface area contributed by atoms with Crippen molar-refractivity contribution in [1.82, 2.24) is 15.5 Å². The molecule has 6 heteroatoms. The van der Waals surface area contributed by atoms with Crippen molar-refractivity contribution in [2.45, 2.75) is 89.5 Å². The highest BCUT2D eigenvalue weighted by atomic mass is 32.2. The molecule has 0 spiro atoms. The van der Waals surface area contributed by atoms with E-state index in [1.54, 1.807) is 0 Å². The average Bonchev–Trinajstić information content (AvgIpc) is 3.24. The van der Waals surface area contributed by atoms with E-state index in [0.29, 0.717) is 17.3 Å². The number of aliphatic imine (C=N–C) groups is 1. The van der Waals surface area contributed by atoms with E-state index in [-0.39, 0.29) is 0 Å². The summed E-state index contributed by atoms with van der Waals surface area (Å²) >= 11 is 0. The Kier molecular flexibility index (Phi) is 10.1. The van der Waals surface area contributed by atoms with Crippen LogP contribution in [-0.2, 0) is 10.8 Å². The van der Waals surface area contributed by atoms with E-state index >= 15 is 0 Å². The van der Waals surface area contributed by atoms with E-state index in [9.17, 15) is 4.21 Å². The van der Waals surface area contributed by atoms with Crippen molar-refractivity contribution < 1.29 is 4.21 Å². The standard InChI is InChI=1S/C21H42N4OS/c1-5-17(6-2)20(25-13-8-9-14-25)16-23-21(22-4)24-18-11-10-12-19(15-18)27(26)7-3/h17-20H,5-16H2,1-4H3,(H2,22,23,24). The van der Waals surface area contributed by atoms with E-state index in [2.05, 4.69) is 34.4 Å². The lowest BCUT2D eigenvalue weighted by molar-refractivity contribution is 0.166. The molecule has 1 aliphatic heterocycles. The number of likely N-dealkylation sites (tertiary alicyclic amines) is 1. The molecule has 1 saturated heterocycles. The molecule has 5 nitrogen and oxygen atoms in total. The largest absolute Gasteiger partial charge is 0.355 e. The molecule has 4 unspecified atom stereocenters. The van der Waals surface area contributed by atoms with Gasteiger partial charge in [-0.1, -0.05) is 40.0 Å². The van der Waals surface area contributed by atoms with Crippen LogP contribution in [0.25, 0.3) is 0 Å². The predicted molar refractivity (Wildman–Crippen MR) is 118 cm³/mol. The fourth-order valence-corrected chi connectivity index (χ4v) is 6.19. The van der Waals surface area contributed by atoms with Crippen LogP contribution < -0.4 is 10.6 Å². The van der Waals surface area contributed by atoms with Crippen molar-refractivity contribution in [3.8, 4) is 0 Å². The van der Waals surface area contributed by atoms with Crippen LogP contribution in [0.3, 0.4) is 0 Å². The van der Waals surface area contributed by atoms with Gasteiger partial charge in [-0.25, -0.2) is 0 Å². The van der Waals surface area contributed by atoms with Crippen LogP contribution in [0, 0.1) is 5.92 Å². The quantitative estimate of drug-likeness (QED) is 0.463. The first kappa shape index (κ1) is 22.7. The molecule has 0 aromatic heterocycles. The number of hydrogen-bond donors (Lipinski definition) is 2. The molecule has 4 atom stereocenters. The summed E-state index contributed by atoms with van der Waals surface area (Å²) < 4.78 is 12.2. The maximum atomic E-state index is 12.2. The molecule has 1 heterocycles. The Morgan fingerprint density at radius 1 is 1.15 bits per heavy atom. The highest BCUT2D eigenvalue weighted by Crippen LogP contribution is 2.24. The van der Waals surface area contributed by atoms with Crippen molar-refractivity contribution in [3.63, 3.8) is 0 Å². The Balaban J connectivity index is 1.89. The minimum absolute atomic E-state index is 0.348. The normalized spacial score (nSPS) is 26.9. The van der Waals surface area contributed by atoms with Gasteiger partial charge in [-0.15, -0.1) is 0 Å². The molecule has 0 radical (unpaired) electrons. The number of guanidine groups is 1. The monoisotopic (exact) mass is 398 g/mol. The topological polar surface area (TPSA) is 56.7 Å². The Hall–Kier alpha value is -0.620. The van der Waals surface area contributed by atoms with Crippen molar-refractivity contribution in [2.24, 2.45) is 10.9 Å². The molecule has 27 heavy (non-hydrogen) atoms. The number of hydrogen-bond acceptors (Lipinski definition) is 3. The molecule has 2 fully saturated rings. The van der Waals surface area contributed by atoms with Crippen LogP contribution in [0.15, 0.2) is 4.99 Å². The van der Waals surface area contributed by atoms with Gasteiger partial charge in [0.15, 0.2) is 5.96 Å². The van der Waals surface area contributed by atoms with Gasteiger partial charge in [0.05, 0.1) is 0 Å². The van der Waals surface area contributed by atoms with Crippen LogP contribution in [0.2, 0.25) is 0 Å². The summed E-state index contributed by atoms with van der Waals surface area (Å²) in [6.07, 6.45) is 9.56. The van der Waals surface area contributed by atoms with Crippen LogP contribution in [0.5, 0.6) is 0 Å². The lowest BCUT2D eigenvalue weighted by Gasteiger charge is -2.35. The third-order valence-corrected chi connectivity index (χ3v) is 8.27. The number of nitrogens with one attached hydrogen (secondary N) is 2. The first-order chi connectivity index (χ1) is 13.1. The molecule has 1 aliphatic carbocycles. The fourth-order valence-electron chi connectivity index (χ4n) is 4.84. The van der Waals surface area contributed by atoms with Gasteiger partial charge >= 0.3 is 0 Å². The van der Waals surface area contributed by atoms with Crippen molar-refractivity contribution in [2.75, 3.05) is 32.4 Å². The fraction of sp³-hybridized carbons (Fsp3) is 0.952. The van der Waals surface area contributed by atoms with Gasteiger partial charge < -0.3 is 10.6 Å². The van der Waals surface area contributed by atoms with Crippen LogP contribution >= 0.6 is 0 Å². The molecule has 0 aromatic rings. The lowest BCUT2D eigenvalue weighted by atomic mass is 9.93. The van der Waals surface area contributed by atoms with E-state index < -0.39 is 10.8 Å². The molecule has 1 saturated carbocycles. The Bertz CT molecular complexity index is 473. The summed E-state index contributed by atoms with van der Waals surface area (Å²) in [5.41, 5.74) is 0. The predicted octanol–water partition coefficient (Wildman–Crippen LogP) is 3.13. The summed E-state index contributed by atoms with van der Waals surface area (Å²) in [5, 5.41) is 7.59. The van der Waals surface area contributed by atoms with Crippen LogP contribution in [-0.4, -0.2) is 64.8 Å². The van der Waals surface area contributed by atoms with E-state index in [1.165, 1.54) is 38.8 Å². The second-order valence-corrected chi connectivity index (χ2v) is 10.1. The van der Waals surface area contributed by atoms with Crippen molar-refractivity contribution >= 4 is 16.8 Å². The first-order valence-electron chi connectivity index (χ1n) is 11.2. The third-order valence-electron chi connectivity index (χ3n) is 6.53. The maximum absolute atomic E-state index is 12.2. The molecule has 158 valence electrons. The molecule has 2 N–H and O–H groups in total. The zero-order valence-electron chi connectivity index (χ0n) is 18.0. The molecule has 2 rings (SSSR count). The van der Waals surface area contributed by atoms with Crippen molar-refractivity contribution in [3.05, 3.63) is 0 Å². The minimum atomic E-state index is -0.679. The van der Waals surface area contributed by atoms with Gasteiger partial charge in [0.2, 0.25) is 0 Å². The lowest BCUT2D eigenvalue weighted by Crippen LogP contribution is -2.52. The van der Waals surface area contributed by atoms with E-state index in [1.807, 2.05) is 14.0 Å². The van der Waals surface area contributed by atoms with Crippen LogP contribution in [0.1, 0.15) is 72.1 Å². The molecular weight excluding hydrogens is 356 g/mol. The summed E-state index contributed by atoms with van der Waals surface area (Å²) in [6, 6.07) is 0.983. The Morgan fingerprint density at radius 3 is 2.44 bits per heavy atom. The Labute approximate surface area is 169 Å². The minimum Gasteiger partial charge on any atom is -0.355 e. The molecule has 2 aliphatic rings. The SMILES string of the molecule is CCC(CC)C(CNC(=NC)NC1CCCC(S(=O)CC)C1)N1CCCC1. The van der Waals surface area contributed by atoms with Gasteiger partial charge in [0.1, 0.15) is 0 Å². The summed E-state index contributed by atoms with van der Waals surface area (Å²) in [6.45, 7) is 10.1. The summed E-state index contributed by atoms with van der Waals surface area (Å²) in [4.78, 5) is 7.16. The van der Waals surface area contributed by atoms with Gasteiger partial charge in [-0.2, -0.15) is 0 Å². The van der Waals surface area contributed by atoms with Crippen molar-refractivity contribution in [1.29, 1.82) is 0 Å². The zero-order valence-corrected chi connectivity index (χ0v) is 18.8. The Morgan fingerprint density at radius 2 is 1.85 bits per heavy atom. The average molecular weight is 399 g/mol. The molecule has 0 amide bonds. The number of rotatable bonds is 9. The summed E-state index contributed by atoms with van der Waals surface area (Å²) in [5.74, 6) is 2.43. The van der Waals surface area contributed by atoms with E-state index in [0.717, 1.165) is 49.9 Å². The summed E-state index contributed by atoms with van der Waals surface area (Å²) in [7, 11) is 1.18. The number of nitrogens with zero attached hydrogens (tertiary/aromatic N) is 2. The maximum Gasteiger partial charge on any atom is 0.191 e. The second-order valence-electron chi connectivity index (χ2n) is 8.14. The van der Waals surface area contributed by atoms with Crippen LogP contribution in [0.4, 0.5) is 0 Å². The molecule has 0 aromatic carbocycles. The first-order valence-corrected chi connectivity index (χ1v) is 12.6. The van der Waals surface area contributed by atoms with E-state index in [4.69, 9.17) is 0 Å². The third kappa shape index (κ3) is 6.74. The zero-order chi connectivity index (χ0) is 19.6. The van der Waals surface area contributed by atoms with Gasteiger partial charge in [0.25, 0.3) is 0 Å².